The summed E-state index contributed by atoms with van der Waals surface area (Å²) >= 11 is 1.55. The lowest BCUT2D eigenvalue weighted by Gasteiger charge is -2.18. The van der Waals surface area contributed by atoms with Crippen LogP contribution < -0.4 is 5.32 Å². The fraction of sp³-hybridized carbons (Fsp3) is 0.0435. The molecule has 1 unspecified atom stereocenters. The highest BCUT2D eigenvalue weighted by atomic mass is 32.2. The second-order valence-corrected chi connectivity index (χ2v) is 7.24. The first kappa shape index (κ1) is 17.3. The Balaban J connectivity index is 1.69. The Morgan fingerprint density at radius 1 is 0.815 bits per heavy atom. The Kier molecular flexibility index (Phi) is 5.17. The van der Waals surface area contributed by atoms with Gasteiger partial charge in [-0.3, -0.25) is 9.78 Å². The van der Waals surface area contributed by atoms with Crippen LogP contribution in [0, 0.1) is 0 Å². The topological polar surface area (TPSA) is 42.0 Å². The number of thioether (sulfide) groups is 1. The summed E-state index contributed by atoms with van der Waals surface area (Å²) in [5.41, 5.74) is 2.69. The van der Waals surface area contributed by atoms with Gasteiger partial charge in [0.2, 0.25) is 5.91 Å². The molecule has 0 saturated heterocycles. The zero-order chi connectivity index (χ0) is 18.5. The highest BCUT2D eigenvalue weighted by molar-refractivity contribution is 8.00. The average molecular weight is 370 g/mol. The summed E-state index contributed by atoms with van der Waals surface area (Å²) in [6.45, 7) is 0. The molecule has 3 nitrogen and oxygen atoms in total. The largest absolute Gasteiger partial charge is 0.325 e. The Morgan fingerprint density at radius 3 is 2.26 bits per heavy atom. The normalized spacial score (nSPS) is 11.9. The Morgan fingerprint density at radius 2 is 1.48 bits per heavy atom. The van der Waals surface area contributed by atoms with Gasteiger partial charge in [-0.1, -0.05) is 66.7 Å². The minimum atomic E-state index is -0.364. The summed E-state index contributed by atoms with van der Waals surface area (Å²) in [7, 11) is 0. The van der Waals surface area contributed by atoms with E-state index >= 15 is 0 Å². The van der Waals surface area contributed by atoms with Gasteiger partial charge in [-0.2, -0.15) is 0 Å². The molecule has 0 bridgehead atoms. The third-order valence-electron chi connectivity index (χ3n) is 4.24. The number of benzene rings is 3. The van der Waals surface area contributed by atoms with Crippen LogP contribution in [-0.4, -0.2) is 10.9 Å². The second-order valence-electron chi connectivity index (χ2n) is 6.09. The molecule has 0 aliphatic carbocycles. The molecule has 0 aliphatic rings. The average Bonchev–Trinajstić information content (AvgIpc) is 2.73. The number of anilines is 1. The molecule has 0 radical (unpaired) electrons. The van der Waals surface area contributed by atoms with E-state index in [0.717, 1.165) is 27.0 Å². The summed E-state index contributed by atoms with van der Waals surface area (Å²) in [6, 6.07) is 29.4. The minimum Gasteiger partial charge on any atom is -0.325 e. The minimum absolute atomic E-state index is 0.0432. The Bertz CT molecular complexity index is 1050. The molecule has 1 aromatic heterocycles. The van der Waals surface area contributed by atoms with E-state index in [4.69, 9.17) is 0 Å². The molecule has 1 amide bonds. The highest BCUT2D eigenvalue weighted by Gasteiger charge is 2.23. The predicted octanol–water partition coefficient (Wildman–Crippen LogP) is 5.71. The third-order valence-corrected chi connectivity index (χ3v) is 5.57. The lowest BCUT2D eigenvalue weighted by atomic mass is 10.1. The van der Waals surface area contributed by atoms with Crippen LogP contribution in [0.3, 0.4) is 0 Å². The van der Waals surface area contributed by atoms with Gasteiger partial charge in [0.15, 0.2) is 0 Å². The van der Waals surface area contributed by atoms with Gasteiger partial charge in [-0.05, 0) is 29.8 Å². The number of amides is 1. The molecular weight excluding hydrogens is 352 g/mol. The number of fused-ring (bicyclic) bond motifs is 1. The van der Waals surface area contributed by atoms with Crippen LogP contribution in [0.15, 0.2) is 102 Å². The van der Waals surface area contributed by atoms with Crippen molar-refractivity contribution in [1.29, 1.82) is 0 Å². The molecule has 0 saturated carbocycles. The van der Waals surface area contributed by atoms with E-state index in [9.17, 15) is 4.79 Å². The van der Waals surface area contributed by atoms with Gasteiger partial charge in [-0.25, -0.2) is 0 Å². The van der Waals surface area contributed by atoms with E-state index < -0.39 is 0 Å². The highest BCUT2D eigenvalue weighted by Crippen LogP contribution is 2.39. The molecule has 1 N–H and O–H groups in total. The fourth-order valence-corrected chi connectivity index (χ4v) is 4.08. The van der Waals surface area contributed by atoms with Crippen molar-refractivity contribution in [1.82, 2.24) is 4.98 Å². The molecule has 1 heterocycles. The van der Waals surface area contributed by atoms with Crippen molar-refractivity contribution in [3.63, 3.8) is 0 Å². The van der Waals surface area contributed by atoms with E-state index in [1.54, 1.807) is 18.0 Å². The first-order valence-electron chi connectivity index (χ1n) is 8.72. The van der Waals surface area contributed by atoms with Gasteiger partial charge in [0, 0.05) is 22.2 Å². The summed E-state index contributed by atoms with van der Waals surface area (Å²) < 4.78 is 0. The molecule has 1 atom stereocenters. The first-order valence-corrected chi connectivity index (χ1v) is 9.60. The molecule has 4 heteroatoms. The fourth-order valence-electron chi connectivity index (χ4n) is 2.93. The van der Waals surface area contributed by atoms with Crippen LogP contribution in [0.4, 0.5) is 5.69 Å². The van der Waals surface area contributed by atoms with Crippen molar-refractivity contribution >= 4 is 34.3 Å². The van der Waals surface area contributed by atoms with Crippen LogP contribution in [0.5, 0.6) is 0 Å². The van der Waals surface area contributed by atoms with Gasteiger partial charge in [0.05, 0.1) is 5.52 Å². The number of nitrogens with one attached hydrogen (secondary N) is 1. The van der Waals surface area contributed by atoms with E-state index in [0.29, 0.717) is 0 Å². The number of para-hydroxylation sites is 2. The van der Waals surface area contributed by atoms with Gasteiger partial charge in [0.1, 0.15) is 5.25 Å². The van der Waals surface area contributed by atoms with Crippen molar-refractivity contribution < 1.29 is 4.79 Å². The summed E-state index contributed by atoms with van der Waals surface area (Å²) in [5.74, 6) is -0.0432. The molecule has 0 aliphatic heterocycles. The van der Waals surface area contributed by atoms with Crippen LogP contribution in [0.1, 0.15) is 10.8 Å². The Hall–Kier alpha value is -3.11. The van der Waals surface area contributed by atoms with Crippen LogP contribution in [-0.2, 0) is 4.79 Å². The summed E-state index contributed by atoms with van der Waals surface area (Å²) in [5, 5.41) is 3.72. The zero-order valence-electron chi connectivity index (χ0n) is 14.6. The number of hydrogen-bond donors (Lipinski definition) is 1. The quantitative estimate of drug-likeness (QED) is 0.458. The molecular formula is C23H18N2OS. The second kappa shape index (κ2) is 8.06. The van der Waals surface area contributed by atoms with E-state index in [1.807, 2.05) is 91.0 Å². The maximum Gasteiger partial charge on any atom is 0.242 e. The molecule has 0 spiro atoms. The number of hydrogen-bond acceptors (Lipinski definition) is 3. The van der Waals surface area contributed by atoms with Crippen molar-refractivity contribution in [2.24, 2.45) is 0 Å². The van der Waals surface area contributed by atoms with Crippen molar-refractivity contribution in [2.45, 2.75) is 10.1 Å². The molecule has 4 rings (SSSR count). The number of rotatable bonds is 5. The van der Waals surface area contributed by atoms with Gasteiger partial charge < -0.3 is 5.32 Å². The van der Waals surface area contributed by atoms with Crippen LogP contribution in [0.25, 0.3) is 10.9 Å². The predicted molar refractivity (Wildman–Crippen MR) is 112 cm³/mol. The third kappa shape index (κ3) is 4.01. The van der Waals surface area contributed by atoms with E-state index in [2.05, 4.69) is 10.3 Å². The molecule has 132 valence electrons. The SMILES string of the molecule is O=C(Nc1ccccc1)C(Sc1ccnc2ccccc12)c1ccccc1. The number of carbonyl (C=O) groups is 1. The van der Waals surface area contributed by atoms with Crippen LogP contribution >= 0.6 is 11.8 Å². The summed E-state index contributed by atoms with van der Waals surface area (Å²) in [6.07, 6.45) is 1.79. The van der Waals surface area contributed by atoms with Crippen molar-refractivity contribution in [2.75, 3.05) is 5.32 Å². The lowest BCUT2D eigenvalue weighted by molar-refractivity contribution is -0.115. The number of carbonyl (C=O) groups excluding carboxylic acids is 1. The standard InChI is InChI=1S/C23H18N2OS/c26-23(25-18-11-5-2-6-12-18)22(17-9-3-1-4-10-17)27-21-15-16-24-20-14-8-7-13-19(20)21/h1-16,22H,(H,25,26). The maximum atomic E-state index is 13.1. The number of aromatic nitrogens is 1. The maximum absolute atomic E-state index is 13.1. The van der Waals surface area contributed by atoms with Gasteiger partial charge in [-0.15, -0.1) is 11.8 Å². The monoisotopic (exact) mass is 370 g/mol. The molecule has 4 aromatic rings. The smallest absolute Gasteiger partial charge is 0.242 e. The van der Waals surface area contributed by atoms with Crippen molar-refractivity contribution in [3.8, 4) is 0 Å². The number of pyridine rings is 1. The number of nitrogens with zero attached hydrogens (tertiary/aromatic N) is 1. The lowest BCUT2D eigenvalue weighted by Crippen LogP contribution is -2.19. The van der Waals surface area contributed by atoms with Gasteiger partial charge in [0.25, 0.3) is 0 Å². The molecule has 27 heavy (non-hydrogen) atoms. The summed E-state index contributed by atoms with van der Waals surface area (Å²) in [4.78, 5) is 18.6. The molecule has 3 aromatic carbocycles. The van der Waals surface area contributed by atoms with Crippen molar-refractivity contribution in [3.05, 3.63) is 103 Å². The Labute approximate surface area is 162 Å². The van der Waals surface area contributed by atoms with E-state index in [-0.39, 0.29) is 11.2 Å². The molecule has 0 fully saturated rings. The van der Waals surface area contributed by atoms with Gasteiger partial charge >= 0.3 is 0 Å². The zero-order valence-corrected chi connectivity index (χ0v) is 15.4. The van der Waals surface area contributed by atoms with Crippen LogP contribution in [0.2, 0.25) is 0 Å². The van der Waals surface area contributed by atoms with E-state index in [1.165, 1.54) is 0 Å². The first-order chi connectivity index (χ1) is 13.3.